The minimum absolute atomic E-state index is 0.0559. The Morgan fingerprint density at radius 1 is 1.48 bits per heavy atom. The van der Waals surface area contributed by atoms with Crippen LogP contribution in [0.5, 0.6) is 0 Å². The standard InChI is InChI=1S/C14H18ClN3OS2/c1-5-17-13(19)11(21-14(17)20)6-10-9(4)16-18(12(10)15)7-8(2)3/h6,8H,5,7H2,1-4H3/b11-6+. The maximum atomic E-state index is 12.2. The Labute approximate surface area is 139 Å². The number of likely N-dealkylation sites (N-methyl/N-ethyl adjacent to an activating group) is 1. The first-order valence-corrected chi connectivity index (χ1v) is 8.43. The largest absolute Gasteiger partial charge is 0.293 e. The highest BCUT2D eigenvalue weighted by atomic mass is 35.5. The van der Waals surface area contributed by atoms with Crippen molar-refractivity contribution >= 4 is 51.9 Å². The predicted octanol–water partition coefficient (Wildman–Crippen LogP) is 3.72. The lowest BCUT2D eigenvalue weighted by Gasteiger charge is -2.09. The summed E-state index contributed by atoms with van der Waals surface area (Å²) < 4.78 is 2.38. The van der Waals surface area contributed by atoms with Gasteiger partial charge in [-0.2, -0.15) is 5.10 Å². The monoisotopic (exact) mass is 343 g/mol. The van der Waals surface area contributed by atoms with E-state index >= 15 is 0 Å². The lowest BCUT2D eigenvalue weighted by atomic mass is 10.2. The number of hydrogen-bond acceptors (Lipinski definition) is 4. The number of thiocarbonyl (C=S) groups is 1. The fraction of sp³-hybridized carbons (Fsp3) is 0.500. The third-order valence-corrected chi connectivity index (χ3v) is 4.89. The molecule has 1 aliphatic heterocycles. The maximum absolute atomic E-state index is 12.2. The lowest BCUT2D eigenvalue weighted by molar-refractivity contribution is -0.121. The van der Waals surface area contributed by atoms with Gasteiger partial charge in [0.05, 0.1) is 10.6 Å². The van der Waals surface area contributed by atoms with E-state index in [1.165, 1.54) is 11.8 Å². The first kappa shape index (κ1) is 16.5. The smallest absolute Gasteiger partial charge is 0.266 e. The molecule has 7 heteroatoms. The molecular weight excluding hydrogens is 326 g/mol. The van der Waals surface area contributed by atoms with Gasteiger partial charge in [-0.3, -0.25) is 14.4 Å². The number of amides is 1. The van der Waals surface area contributed by atoms with Gasteiger partial charge in [-0.25, -0.2) is 0 Å². The Morgan fingerprint density at radius 3 is 2.67 bits per heavy atom. The molecule has 0 saturated carbocycles. The predicted molar refractivity (Wildman–Crippen MR) is 92.4 cm³/mol. The van der Waals surface area contributed by atoms with Gasteiger partial charge < -0.3 is 0 Å². The van der Waals surface area contributed by atoms with Gasteiger partial charge in [0.25, 0.3) is 5.91 Å². The molecule has 0 bridgehead atoms. The van der Waals surface area contributed by atoms with Crippen molar-refractivity contribution < 1.29 is 4.79 Å². The minimum Gasteiger partial charge on any atom is -0.293 e. The molecule has 2 rings (SSSR count). The minimum atomic E-state index is -0.0559. The summed E-state index contributed by atoms with van der Waals surface area (Å²) in [6.45, 7) is 9.37. The van der Waals surface area contributed by atoms with Gasteiger partial charge in [0.2, 0.25) is 0 Å². The van der Waals surface area contributed by atoms with Crippen LogP contribution in [0.3, 0.4) is 0 Å². The third kappa shape index (κ3) is 3.33. The summed E-state index contributed by atoms with van der Waals surface area (Å²) in [6.07, 6.45) is 1.80. The highest BCUT2D eigenvalue weighted by Gasteiger charge is 2.31. The number of halogens is 1. The molecule has 1 aromatic heterocycles. The van der Waals surface area contributed by atoms with Crippen LogP contribution in [0.15, 0.2) is 4.91 Å². The van der Waals surface area contributed by atoms with Gasteiger partial charge in [-0.05, 0) is 25.8 Å². The van der Waals surface area contributed by atoms with Crippen LogP contribution in [-0.4, -0.2) is 31.5 Å². The third-order valence-electron chi connectivity index (χ3n) is 3.11. The van der Waals surface area contributed by atoms with Crippen molar-refractivity contribution in [3.8, 4) is 0 Å². The molecule has 0 spiro atoms. The highest BCUT2D eigenvalue weighted by molar-refractivity contribution is 8.26. The molecule has 0 N–H and O–H groups in total. The van der Waals surface area contributed by atoms with Gasteiger partial charge in [0, 0.05) is 18.7 Å². The summed E-state index contributed by atoms with van der Waals surface area (Å²) in [5.41, 5.74) is 1.62. The first-order valence-electron chi connectivity index (χ1n) is 6.83. The first-order chi connectivity index (χ1) is 9.85. The van der Waals surface area contributed by atoms with E-state index in [0.29, 0.717) is 26.8 Å². The van der Waals surface area contributed by atoms with Crippen molar-refractivity contribution in [3.63, 3.8) is 0 Å². The molecule has 1 amide bonds. The van der Waals surface area contributed by atoms with E-state index in [4.69, 9.17) is 23.8 Å². The molecule has 0 atom stereocenters. The number of aryl methyl sites for hydroxylation is 1. The van der Waals surface area contributed by atoms with Crippen LogP contribution in [-0.2, 0) is 11.3 Å². The maximum Gasteiger partial charge on any atom is 0.266 e. The summed E-state index contributed by atoms with van der Waals surface area (Å²) in [6, 6.07) is 0. The molecule has 114 valence electrons. The van der Waals surface area contributed by atoms with E-state index in [1.54, 1.807) is 15.7 Å². The molecule has 21 heavy (non-hydrogen) atoms. The average Bonchev–Trinajstić information content (AvgIpc) is 2.80. The molecule has 2 heterocycles. The number of nitrogens with zero attached hydrogens (tertiary/aromatic N) is 3. The van der Waals surface area contributed by atoms with E-state index in [1.807, 2.05) is 13.8 Å². The number of aromatic nitrogens is 2. The van der Waals surface area contributed by atoms with E-state index in [0.717, 1.165) is 17.8 Å². The number of carbonyl (C=O) groups is 1. The number of hydrogen-bond donors (Lipinski definition) is 0. The molecule has 1 aliphatic rings. The molecule has 0 aliphatic carbocycles. The van der Waals surface area contributed by atoms with Crippen molar-refractivity contribution in [2.24, 2.45) is 5.92 Å². The summed E-state index contributed by atoms with van der Waals surface area (Å²) >= 11 is 12.9. The average molecular weight is 344 g/mol. The van der Waals surface area contributed by atoms with Crippen LogP contribution in [0.2, 0.25) is 5.15 Å². The van der Waals surface area contributed by atoms with Gasteiger partial charge in [0.1, 0.15) is 9.47 Å². The van der Waals surface area contributed by atoms with Crippen molar-refractivity contribution in [2.45, 2.75) is 34.2 Å². The summed E-state index contributed by atoms with van der Waals surface area (Å²) in [4.78, 5) is 14.4. The molecule has 0 radical (unpaired) electrons. The molecule has 0 unspecified atom stereocenters. The Kier molecular flexibility index (Phi) is 5.11. The van der Waals surface area contributed by atoms with Crippen molar-refractivity contribution in [2.75, 3.05) is 6.54 Å². The second kappa shape index (κ2) is 6.50. The zero-order valence-corrected chi connectivity index (χ0v) is 14.9. The summed E-state index contributed by atoms with van der Waals surface area (Å²) in [5.74, 6) is 0.396. The Morgan fingerprint density at radius 2 is 2.14 bits per heavy atom. The van der Waals surface area contributed by atoms with E-state index in [-0.39, 0.29) is 5.91 Å². The molecule has 1 saturated heterocycles. The number of thioether (sulfide) groups is 1. The lowest BCUT2D eigenvalue weighted by Crippen LogP contribution is -2.27. The molecule has 0 aromatic carbocycles. The normalized spacial score (nSPS) is 17.6. The van der Waals surface area contributed by atoms with Crippen LogP contribution in [0.4, 0.5) is 0 Å². The highest BCUT2D eigenvalue weighted by Crippen LogP contribution is 2.34. The Hall–Kier alpha value is -0.850. The van der Waals surface area contributed by atoms with Crippen molar-refractivity contribution in [1.29, 1.82) is 0 Å². The molecule has 1 aromatic rings. The van der Waals surface area contributed by atoms with Gasteiger partial charge in [-0.15, -0.1) is 0 Å². The second-order valence-corrected chi connectivity index (χ2v) is 7.33. The van der Waals surface area contributed by atoms with Crippen LogP contribution >= 0.6 is 35.6 Å². The topological polar surface area (TPSA) is 38.1 Å². The van der Waals surface area contributed by atoms with Crippen LogP contribution in [0.25, 0.3) is 6.08 Å². The van der Waals surface area contributed by atoms with E-state index < -0.39 is 0 Å². The fourth-order valence-corrected chi connectivity index (χ4v) is 3.77. The van der Waals surface area contributed by atoms with Gasteiger partial charge >= 0.3 is 0 Å². The van der Waals surface area contributed by atoms with Crippen molar-refractivity contribution in [3.05, 3.63) is 21.3 Å². The van der Waals surface area contributed by atoms with E-state index in [9.17, 15) is 4.79 Å². The van der Waals surface area contributed by atoms with Crippen LogP contribution in [0.1, 0.15) is 32.0 Å². The SMILES string of the molecule is CCN1C(=O)/C(=C\c2c(C)nn(CC(C)C)c2Cl)SC1=S. The van der Waals surface area contributed by atoms with Crippen LogP contribution in [0, 0.1) is 12.8 Å². The van der Waals surface area contributed by atoms with Gasteiger partial charge in [-0.1, -0.05) is 49.4 Å². The quantitative estimate of drug-likeness (QED) is 0.617. The fourth-order valence-electron chi connectivity index (χ4n) is 2.10. The molecular formula is C14H18ClN3OS2. The van der Waals surface area contributed by atoms with Gasteiger partial charge in [0.15, 0.2) is 0 Å². The zero-order chi connectivity index (χ0) is 15.7. The zero-order valence-electron chi connectivity index (χ0n) is 12.5. The Bertz CT molecular complexity index is 622. The van der Waals surface area contributed by atoms with Crippen molar-refractivity contribution in [1.82, 2.24) is 14.7 Å². The second-order valence-electron chi connectivity index (χ2n) is 5.29. The number of carbonyl (C=O) groups excluding carboxylic acids is 1. The molecule has 1 fully saturated rings. The Balaban J connectivity index is 2.36. The summed E-state index contributed by atoms with van der Waals surface area (Å²) in [5, 5.41) is 5.02. The molecule has 4 nitrogen and oxygen atoms in total. The summed E-state index contributed by atoms with van der Waals surface area (Å²) in [7, 11) is 0. The van der Waals surface area contributed by atoms with E-state index in [2.05, 4.69) is 18.9 Å². The van der Waals surface area contributed by atoms with Crippen LogP contribution < -0.4 is 0 Å². The number of rotatable bonds is 4.